The number of hydrogen-bond acceptors (Lipinski definition) is 5. The van der Waals surface area contributed by atoms with E-state index in [0.717, 1.165) is 4.47 Å². The lowest BCUT2D eigenvalue weighted by molar-refractivity contribution is -0.384. The number of carbonyl (C=O) groups is 1. The Bertz CT molecular complexity index is 893. The minimum absolute atomic E-state index is 0.00445. The second-order valence-electron chi connectivity index (χ2n) is 5.01. The van der Waals surface area contributed by atoms with E-state index in [1.165, 1.54) is 18.3 Å². The number of hydrazone groups is 1. The Hall–Kier alpha value is -2.04. The summed E-state index contributed by atoms with van der Waals surface area (Å²) in [6, 6.07) is 9.76. The van der Waals surface area contributed by atoms with Gasteiger partial charge in [0.05, 0.1) is 13.9 Å². The molecule has 0 heterocycles. The quantitative estimate of drug-likeness (QED) is 0.290. The van der Waals surface area contributed by atoms with Crippen LogP contribution in [0.15, 0.2) is 61.0 Å². The molecule has 0 aromatic heterocycles. The SMILES string of the molecule is O=C(COc1c(Br)cc(Br)cc1Br)NN=CC=Cc1cccc([N+](=O)[O-])c1. The fraction of sp³-hybridized carbons (Fsp3) is 0.0588. The standard InChI is InChI=1S/C17H12Br3N3O4/c18-12-8-14(19)17(15(20)9-12)27-10-16(24)22-21-6-2-4-11-3-1-5-13(7-11)23(25)26/h1-9H,10H2,(H,22,24). The molecule has 0 saturated heterocycles. The maximum atomic E-state index is 11.8. The van der Waals surface area contributed by atoms with Gasteiger partial charge in [0.25, 0.3) is 11.6 Å². The van der Waals surface area contributed by atoms with Gasteiger partial charge in [0.2, 0.25) is 0 Å². The third kappa shape index (κ3) is 6.89. The van der Waals surface area contributed by atoms with Crippen molar-refractivity contribution >= 4 is 71.7 Å². The van der Waals surface area contributed by atoms with E-state index in [1.54, 1.807) is 36.4 Å². The summed E-state index contributed by atoms with van der Waals surface area (Å²) >= 11 is 10.1. The first-order valence-corrected chi connectivity index (χ1v) is 9.75. The summed E-state index contributed by atoms with van der Waals surface area (Å²) in [5, 5.41) is 14.5. The zero-order valence-electron chi connectivity index (χ0n) is 13.6. The molecule has 1 N–H and O–H groups in total. The molecule has 2 rings (SSSR count). The van der Waals surface area contributed by atoms with Gasteiger partial charge in [-0.25, -0.2) is 5.43 Å². The van der Waals surface area contributed by atoms with Crippen LogP contribution in [-0.4, -0.2) is 23.7 Å². The predicted molar refractivity (Wildman–Crippen MR) is 114 cm³/mol. The van der Waals surface area contributed by atoms with Crippen LogP contribution in [0, 0.1) is 10.1 Å². The Labute approximate surface area is 180 Å². The maximum absolute atomic E-state index is 11.8. The highest BCUT2D eigenvalue weighted by Gasteiger charge is 2.10. The Kier molecular flexibility index (Phi) is 8.14. The van der Waals surface area contributed by atoms with E-state index in [-0.39, 0.29) is 12.3 Å². The van der Waals surface area contributed by atoms with Gasteiger partial charge in [0.1, 0.15) is 5.75 Å². The van der Waals surface area contributed by atoms with Gasteiger partial charge in [-0.3, -0.25) is 14.9 Å². The number of nitro groups is 1. The van der Waals surface area contributed by atoms with E-state index < -0.39 is 10.8 Å². The van der Waals surface area contributed by atoms with Crippen LogP contribution in [0.5, 0.6) is 5.75 Å². The van der Waals surface area contributed by atoms with Gasteiger partial charge in [0, 0.05) is 22.8 Å². The van der Waals surface area contributed by atoms with Crippen LogP contribution >= 0.6 is 47.8 Å². The van der Waals surface area contributed by atoms with E-state index in [2.05, 4.69) is 58.3 Å². The molecule has 10 heteroatoms. The second kappa shape index (κ2) is 10.3. The fourth-order valence-corrected chi connectivity index (χ4v) is 4.37. The molecule has 0 aliphatic heterocycles. The molecule has 1 amide bonds. The van der Waals surface area contributed by atoms with Gasteiger partial charge in [-0.05, 0) is 55.6 Å². The topological polar surface area (TPSA) is 93.8 Å². The average Bonchev–Trinajstić information content (AvgIpc) is 2.60. The van der Waals surface area contributed by atoms with Crippen LogP contribution in [0.25, 0.3) is 6.08 Å². The van der Waals surface area contributed by atoms with Crippen molar-refractivity contribution in [3.63, 3.8) is 0 Å². The number of nitrogens with zero attached hydrogens (tertiary/aromatic N) is 2. The molecule has 0 spiro atoms. The average molecular weight is 562 g/mol. The summed E-state index contributed by atoms with van der Waals surface area (Å²) in [5.41, 5.74) is 2.98. The number of hydrogen-bond donors (Lipinski definition) is 1. The van der Waals surface area contributed by atoms with E-state index in [1.807, 2.05) is 0 Å². The lowest BCUT2D eigenvalue weighted by Gasteiger charge is -2.09. The molecule has 0 aliphatic rings. The Balaban J connectivity index is 1.83. The number of benzene rings is 2. The number of nitro benzene ring substituents is 1. The molecule has 2 aromatic carbocycles. The first-order chi connectivity index (χ1) is 12.9. The van der Waals surface area contributed by atoms with Crippen molar-refractivity contribution in [3.8, 4) is 5.75 Å². The van der Waals surface area contributed by atoms with Crippen LogP contribution in [-0.2, 0) is 4.79 Å². The molecule has 0 radical (unpaired) electrons. The molecule has 0 saturated carbocycles. The lowest BCUT2D eigenvalue weighted by atomic mass is 10.2. The molecule has 0 atom stereocenters. The zero-order chi connectivity index (χ0) is 19.8. The first kappa shape index (κ1) is 21.3. The summed E-state index contributed by atoms with van der Waals surface area (Å²) in [6.07, 6.45) is 4.56. The van der Waals surface area contributed by atoms with Crippen molar-refractivity contribution in [1.29, 1.82) is 0 Å². The van der Waals surface area contributed by atoms with Crippen LogP contribution in [0.2, 0.25) is 0 Å². The van der Waals surface area contributed by atoms with Crippen molar-refractivity contribution in [2.24, 2.45) is 5.10 Å². The highest BCUT2D eigenvalue weighted by molar-refractivity contribution is 9.11. The van der Waals surface area contributed by atoms with Gasteiger partial charge in [-0.1, -0.05) is 34.1 Å². The number of halogens is 3. The van der Waals surface area contributed by atoms with Crippen molar-refractivity contribution in [3.05, 3.63) is 71.6 Å². The zero-order valence-corrected chi connectivity index (χ0v) is 18.3. The second-order valence-corrected chi connectivity index (χ2v) is 7.64. The van der Waals surface area contributed by atoms with E-state index in [4.69, 9.17) is 4.74 Å². The summed E-state index contributed by atoms with van der Waals surface area (Å²) in [5.74, 6) is 0.0691. The minimum Gasteiger partial charge on any atom is -0.481 e. The highest BCUT2D eigenvalue weighted by Crippen LogP contribution is 2.36. The Morgan fingerprint density at radius 1 is 1.22 bits per heavy atom. The van der Waals surface area contributed by atoms with Crippen LogP contribution < -0.4 is 10.2 Å². The Morgan fingerprint density at radius 3 is 2.59 bits per heavy atom. The van der Waals surface area contributed by atoms with E-state index in [0.29, 0.717) is 20.3 Å². The fourth-order valence-electron chi connectivity index (χ4n) is 1.89. The molecule has 7 nitrogen and oxygen atoms in total. The lowest BCUT2D eigenvalue weighted by Crippen LogP contribution is -2.24. The molecule has 2 aromatic rings. The maximum Gasteiger partial charge on any atom is 0.277 e. The molecule has 0 unspecified atom stereocenters. The molecule has 0 bridgehead atoms. The third-order valence-corrected chi connectivity index (χ3v) is 4.67. The molecular formula is C17H12Br3N3O4. The van der Waals surface area contributed by atoms with Crippen molar-refractivity contribution in [2.45, 2.75) is 0 Å². The third-order valence-electron chi connectivity index (χ3n) is 3.03. The van der Waals surface area contributed by atoms with Gasteiger partial charge in [0.15, 0.2) is 6.61 Å². The summed E-state index contributed by atoms with van der Waals surface area (Å²) in [4.78, 5) is 22.0. The summed E-state index contributed by atoms with van der Waals surface area (Å²) in [6.45, 7) is -0.217. The van der Waals surface area contributed by atoms with E-state index >= 15 is 0 Å². The van der Waals surface area contributed by atoms with Crippen molar-refractivity contribution < 1.29 is 14.5 Å². The molecule has 0 aliphatic carbocycles. The predicted octanol–water partition coefficient (Wildman–Crippen LogP) is 5.08. The molecular weight excluding hydrogens is 550 g/mol. The number of nitrogens with one attached hydrogen (secondary N) is 1. The highest BCUT2D eigenvalue weighted by atomic mass is 79.9. The summed E-state index contributed by atoms with van der Waals surface area (Å²) in [7, 11) is 0. The van der Waals surface area contributed by atoms with Gasteiger partial charge >= 0.3 is 0 Å². The number of non-ortho nitro benzene ring substituents is 1. The van der Waals surface area contributed by atoms with Crippen LogP contribution in [0.1, 0.15) is 5.56 Å². The van der Waals surface area contributed by atoms with Crippen LogP contribution in [0.3, 0.4) is 0 Å². The largest absolute Gasteiger partial charge is 0.481 e. The number of allylic oxidation sites excluding steroid dienone is 1. The smallest absolute Gasteiger partial charge is 0.277 e. The van der Waals surface area contributed by atoms with Crippen LogP contribution in [0.4, 0.5) is 5.69 Å². The number of carbonyl (C=O) groups excluding carboxylic acids is 1. The van der Waals surface area contributed by atoms with Crippen molar-refractivity contribution in [2.75, 3.05) is 6.61 Å². The van der Waals surface area contributed by atoms with Gasteiger partial charge in [-0.2, -0.15) is 5.10 Å². The summed E-state index contributed by atoms with van der Waals surface area (Å²) < 4.78 is 7.71. The monoisotopic (exact) mass is 559 g/mol. The minimum atomic E-state index is -0.464. The number of amides is 1. The van der Waals surface area contributed by atoms with Crippen molar-refractivity contribution in [1.82, 2.24) is 5.43 Å². The molecule has 140 valence electrons. The number of rotatable bonds is 7. The number of ether oxygens (including phenoxy) is 1. The Morgan fingerprint density at radius 2 is 1.93 bits per heavy atom. The normalized spacial score (nSPS) is 11.1. The first-order valence-electron chi connectivity index (χ1n) is 7.37. The van der Waals surface area contributed by atoms with Gasteiger partial charge in [-0.15, -0.1) is 0 Å². The van der Waals surface area contributed by atoms with Gasteiger partial charge < -0.3 is 4.74 Å². The van der Waals surface area contributed by atoms with E-state index in [9.17, 15) is 14.9 Å². The molecule has 27 heavy (non-hydrogen) atoms. The molecule has 0 fully saturated rings.